The number of aromatic nitrogens is 2. The summed E-state index contributed by atoms with van der Waals surface area (Å²) in [6, 6.07) is -0.195. The Morgan fingerprint density at radius 1 is 1.29 bits per heavy atom. The molecule has 0 aliphatic heterocycles. The molecule has 2 amide bonds. The lowest BCUT2D eigenvalue weighted by molar-refractivity contribution is 0.237. The molecule has 8 heteroatoms. The average molecular weight is 394 g/mol. The Balaban J connectivity index is 2.37. The molecule has 2 rings (SSSR count). The standard InChI is InChI=1S/C20H35N5O3/c1-4-5-12-25-17(21)16(18(26)23-20(25)28)24(13-11-14(2)3)19(27)22-15-9-7-6-8-10-15/h14-15H,4-13,21H2,1-3H3,(H,22,27)(H,23,26,28). The van der Waals surface area contributed by atoms with Gasteiger partial charge in [-0.05, 0) is 31.6 Å². The summed E-state index contributed by atoms with van der Waals surface area (Å²) in [5.74, 6) is 0.418. The number of H-pyrrole nitrogens is 1. The topological polar surface area (TPSA) is 113 Å². The predicted octanol–water partition coefficient (Wildman–Crippen LogP) is 2.81. The fourth-order valence-electron chi connectivity index (χ4n) is 3.58. The van der Waals surface area contributed by atoms with Crippen molar-refractivity contribution in [2.24, 2.45) is 5.92 Å². The number of nitrogens with two attached hydrogens (primary N) is 1. The lowest BCUT2D eigenvalue weighted by atomic mass is 9.96. The molecule has 1 aliphatic rings. The largest absolute Gasteiger partial charge is 0.383 e. The number of nitrogens with one attached hydrogen (secondary N) is 2. The summed E-state index contributed by atoms with van der Waals surface area (Å²) in [4.78, 5) is 41.6. The van der Waals surface area contributed by atoms with Crippen LogP contribution in [-0.2, 0) is 6.54 Å². The zero-order valence-corrected chi connectivity index (χ0v) is 17.4. The van der Waals surface area contributed by atoms with Gasteiger partial charge in [0, 0.05) is 19.1 Å². The summed E-state index contributed by atoms with van der Waals surface area (Å²) in [6.07, 6.45) is 7.67. The third-order valence-electron chi connectivity index (χ3n) is 5.33. The van der Waals surface area contributed by atoms with Crippen molar-refractivity contribution in [3.63, 3.8) is 0 Å². The van der Waals surface area contributed by atoms with E-state index in [1.807, 2.05) is 6.92 Å². The van der Waals surface area contributed by atoms with Crippen molar-refractivity contribution >= 4 is 17.5 Å². The molecule has 1 aromatic heterocycles. The highest BCUT2D eigenvalue weighted by Crippen LogP contribution is 2.21. The molecule has 1 aliphatic carbocycles. The maximum Gasteiger partial charge on any atom is 0.330 e. The quantitative estimate of drug-likeness (QED) is 0.630. The Morgan fingerprint density at radius 2 is 1.96 bits per heavy atom. The molecule has 0 saturated heterocycles. The Labute approximate surface area is 166 Å². The minimum absolute atomic E-state index is 0.0600. The molecule has 4 N–H and O–H groups in total. The second-order valence-electron chi connectivity index (χ2n) is 8.12. The van der Waals surface area contributed by atoms with Gasteiger partial charge in [0.05, 0.1) is 0 Å². The second kappa shape index (κ2) is 10.3. The van der Waals surface area contributed by atoms with Gasteiger partial charge in [-0.1, -0.05) is 46.5 Å². The predicted molar refractivity (Wildman–Crippen MR) is 113 cm³/mol. The molecule has 28 heavy (non-hydrogen) atoms. The number of rotatable bonds is 8. The first kappa shape index (κ1) is 22.0. The van der Waals surface area contributed by atoms with Crippen LogP contribution in [0.4, 0.5) is 16.3 Å². The number of nitrogen functional groups attached to an aromatic ring is 1. The van der Waals surface area contributed by atoms with Gasteiger partial charge in [0.15, 0.2) is 5.69 Å². The van der Waals surface area contributed by atoms with Crippen molar-refractivity contribution < 1.29 is 4.79 Å². The summed E-state index contributed by atoms with van der Waals surface area (Å²) in [5.41, 5.74) is 5.15. The van der Waals surface area contributed by atoms with E-state index in [4.69, 9.17) is 5.73 Å². The molecule has 0 radical (unpaired) electrons. The van der Waals surface area contributed by atoms with Crippen LogP contribution in [0, 0.1) is 5.92 Å². The number of hydrogen-bond donors (Lipinski definition) is 3. The first-order chi connectivity index (χ1) is 13.3. The Hall–Kier alpha value is -2.25. The molecular formula is C20H35N5O3. The normalized spacial score (nSPS) is 15.0. The zero-order chi connectivity index (χ0) is 20.7. The molecule has 158 valence electrons. The van der Waals surface area contributed by atoms with Crippen LogP contribution in [0.2, 0.25) is 0 Å². The van der Waals surface area contributed by atoms with Crippen molar-refractivity contribution in [2.45, 2.75) is 84.7 Å². The van der Waals surface area contributed by atoms with E-state index in [2.05, 4.69) is 24.1 Å². The first-order valence-electron chi connectivity index (χ1n) is 10.6. The summed E-state index contributed by atoms with van der Waals surface area (Å²) >= 11 is 0. The summed E-state index contributed by atoms with van der Waals surface area (Å²) in [6.45, 7) is 6.92. The fraction of sp³-hybridized carbons (Fsp3) is 0.750. The molecule has 1 heterocycles. The minimum Gasteiger partial charge on any atom is -0.383 e. The Kier molecular flexibility index (Phi) is 8.14. The number of nitrogens with zero attached hydrogens (tertiary/aromatic N) is 2. The Bertz CT molecular complexity index is 762. The second-order valence-corrected chi connectivity index (χ2v) is 8.12. The van der Waals surface area contributed by atoms with E-state index < -0.39 is 11.2 Å². The molecular weight excluding hydrogens is 358 g/mol. The van der Waals surface area contributed by atoms with Gasteiger partial charge in [0.25, 0.3) is 5.56 Å². The van der Waals surface area contributed by atoms with E-state index in [-0.39, 0.29) is 23.6 Å². The smallest absolute Gasteiger partial charge is 0.330 e. The van der Waals surface area contributed by atoms with Crippen molar-refractivity contribution in [3.8, 4) is 0 Å². The molecule has 0 atom stereocenters. The van der Waals surface area contributed by atoms with Gasteiger partial charge in [-0.15, -0.1) is 0 Å². The number of unbranched alkanes of at least 4 members (excludes halogenated alkanes) is 1. The number of amides is 2. The van der Waals surface area contributed by atoms with E-state index >= 15 is 0 Å². The monoisotopic (exact) mass is 393 g/mol. The summed E-state index contributed by atoms with van der Waals surface area (Å²) in [7, 11) is 0. The van der Waals surface area contributed by atoms with Crippen molar-refractivity contribution in [2.75, 3.05) is 17.2 Å². The number of hydrogen-bond acceptors (Lipinski definition) is 4. The maximum atomic E-state index is 13.1. The van der Waals surface area contributed by atoms with Gasteiger partial charge in [0.2, 0.25) is 0 Å². The van der Waals surface area contributed by atoms with Gasteiger partial charge < -0.3 is 11.1 Å². The third-order valence-corrected chi connectivity index (χ3v) is 5.33. The van der Waals surface area contributed by atoms with Gasteiger partial charge in [-0.2, -0.15) is 0 Å². The van der Waals surface area contributed by atoms with Gasteiger partial charge in [-0.3, -0.25) is 19.2 Å². The zero-order valence-electron chi connectivity index (χ0n) is 17.4. The maximum absolute atomic E-state index is 13.1. The van der Waals surface area contributed by atoms with Crippen LogP contribution in [0.5, 0.6) is 0 Å². The van der Waals surface area contributed by atoms with E-state index in [0.29, 0.717) is 19.0 Å². The SMILES string of the molecule is CCCCn1c(N)c(N(CCC(C)C)C(=O)NC2CCCCC2)c(=O)[nH]c1=O. The number of carbonyl (C=O) groups is 1. The van der Waals surface area contributed by atoms with Crippen LogP contribution in [0.3, 0.4) is 0 Å². The van der Waals surface area contributed by atoms with Crippen LogP contribution in [0.1, 0.15) is 72.1 Å². The molecule has 1 saturated carbocycles. The van der Waals surface area contributed by atoms with Gasteiger partial charge >= 0.3 is 11.7 Å². The number of aromatic amines is 1. The van der Waals surface area contributed by atoms with Crippen molar-refractivity contribution in [3.05, 3.63) is 20.8 Å². The highest BCUT2D eigenvalue weighted by atomic mass is 16.2. The van der Waals surface area contributed by atoms with Crippen LogP contribution in [0.15, 0.2) is 9.59 Å². The molecule has 1 aromatic rings. The number of anilines is 2. The molecule has 1 fully saturated rings. The van der Waals surface area contributed by atoms with E-state index in [1.54, 1.807) is 0 Å². The van der Waals surface area contributed by atoms with Crippen LogP contribution in [0.25, 0.3) is 0 Å². The lowest BCUT2D eigenvalue weighted by Gasteiger charge is -2.29. The van der Waals surface area contributed by atoms with Crippen LogP contribution < -0.4 is 27.2 Å². The molecule has 0 aromatic carbocycles. The summed E-state index contributed by atoms with van der Waals surface area (Å²) < 4.78 is 1.36. The lowest BCUT2D eigenvalue weighted by Crippen LogP contribution is -2.49. The molecule has 0 bridgehead atoms. The highest BCUT2D eigenvalue weighted by molar-refractivity contribution is 5.94. The minimum atomic E-state index is -0.613. The van der Waals surface area contributed by atoms with E-state index in [0.717, 1.165) is 44.9 Å². The number of carbonyl (C=O) groups excluding carboxylic acids is 1. The van der Waals surface area contributed by atoms with Gasteiger partial charge in [-0.25, -0.2) is 9.59 Å². The Morgan fingerprint density at radius 3 is 2.57 bits per heavy atom. The number of urea groups is 1. The fourth-order valence-corrected chi connectivity index (χ4v) is 3.58. The third kappa shape index (κ3) is 5.62. The van der Waals surface area contributed by atoms with E-state index in [9.17, 15) is 14.4 Å². The first-order valence-corrected chi connectivity index (χ1v) is 10.6. The highest BCUT2D eigenvalue weighted by Gasteiger charge is 2.26. The molecule has 0 spiro atoms. The van der Waals surface area contributed by atoms with E-state index in [1.165, 1.54) is 15.9 Å². The van der Waals surface area contributed by atoms with Crippen LogP contribution in [-0.4, -0.2) is 28.2 Å². The van der Waals surface area contributed by atoms with Crippen molar-refractivity contribution in [1.82, 2.24) is 14.9 Å². The molecule has 8 nitrogen and oxygen atoms in total. The summed E-state index contributed by atoms with van der Waals surface area (Å²) in [5, 5.41) is 3.06. The molecule has 0 unspecified atom stereocenters. The van der Waals surface area contributed by atoms with Crippen molar-refractivity contribution in [1.29, 1.82) is 0 Å². The van der Waals surface area contributed by atoms with Crippen LogP contribution >= 0.6 is 0 Å². The van der Waals surface area contributed by atoms with Gasteiger partial charge in [0.1, 0.15) is 5.82 Å². The average Bonchev–Trinajstić information content (AvgIpc) is 2.64.